The first-order valence-corrected chi connectivity index (χ1v) is 3.16. The Morgan fingerprint density at radius 2 is 2.22 bits per heavy atom. The molecule has 0 bridgehead atoms. The van der Waals surface area contributed by atoms with Gasteiger partial charge in [0.25, 0.3) is 0 Å². The minimum atomic E-state index is -0.277. The van der Waals surface area contributed by atoms with E-state index in [4.69, 9.17) is 23.7 Å². The maximum Gasteiger partial charge on any atom is 0.131 e. The minimum absolute atomic E-state index is 0.0891. The van der Waals surface area contributed by atoms with E-state index in [0.29, 0.717) is 6.42 Å². The monoisotopic (exact) mass is 146 g/mol. The number of thiocarbonyl (C=S) groups is 1. The lowest BCUT2D eigenvalue weighted by Gasteiger charge is -2.27. The van der Waals surface area contributed by atoms with Crippen LogP contribution in [-0.4, -0.2) is 17.4 Å². The van der Waals surface area contributed by atoms with Crippen molar-refractivity contribution >= 4 is 17.2 Å². The molecule has 4 nitrogen and oxygen atoms in total. The first-order chi connectivity index (χ1) is 4.18. The third-order valence-electron chi connectivity index (χ3n) is 1.12. The third kappa shape index (κ3) is 1.87. The van der Waals surface area contributed by atoms with Gasteiger partial charge in [0.1, 0.15) is 6.29 Å². The van der Waals surface area contributed by atoms with E-state index in [1.54, 1.807) is 0 Å². The lowest BCUT2D eigenvalue weighted by Crippen LogP contribution is -2.62. The summed E-state index contributed by atoms with van der Waals surface area (Å²) in [5.74, 6) is 0. The normalized spacial score (nSPS) is 36.0. The fourth-order valence-corrected chi connectivity index (χ4v) is 1.07. The molecule has 0 aliphatic carbocycles. The maximum atomic E-state index is 5.50. The van der Waals surface area contributed by atoms with Crippen molar-refractivity contribution in [3.63, 3.8) is 0 Å². The van der Waals surface area contributed by atoms with Crippen LogP contribution in [0.15, 0.2) is 0 Å². The van der Waals surface area contributed by atoms with Gasteiger partial charge in [-0.25, -0.2) is 0 Å². The lowest BCUT2D eigenvalue weighted by molar-refractivity contribution is 0.397. The van der Waals surface area contributed by atoms with Crippen LogP contribution in [0.1, 0.15) is 6.42 Å². The summed E-state index contributed by atoms with van der Waals surface area (Å²) in [6.07, 6.45) is 0.304. The highest BCUT2D eigenvalue weighted by molar-refractivity contribution is 7.80. The minimum Gasteiger partial charge on any atom is -0.352 e. The number of hydrogen-bond donors (Lipinski definition) is 4. The van der Waals surface area contributed by atoms with E-state index in [2.05, 4.69) is 10.6 Å². The van der Waals surface area contributed by atoms with Crippen LogP contribution in [0.4, 0.5) is 0 Å². The molecule has 1 saturated heterocycles. The van der Waals surface area contributed by atoms with Crippen LogP contribution in [0.25, 0.3) is 0 Å². The van der Waals surface area contributed by atoms with E-state index in [0.717, 1.165) is 4.99 Å². The molecule has 1 heterocycles. The van der Waals surface area contributed by atoms with Crippen molar-refractivity contribution in [1.29, 1.82) is 0 Å². The number of nitrogens with two attached hydrogens (primary N) is 2. The molecule has 0 radical (unpaired) electrons. The standard InChI is InChI=1S/C4H10N4S/c5-2-1-3(9)8-4(6)7-2/h2,4,7H,1,5-6H2,(H,8,9). The Balaban J connectivity index is 2.43. The molecule has 0 amide bonds. The van der Waals surface area contributed by atoms with E-state index >= 15 is 0 Å². The predicted octanol–water partition coefficient (Wildman–Crippen LogP) is -1.58. The van der Waals surface area contributed by atoms with Crippen molar-refractivity contribution in [1.82, 2.24) is 10.6 Å². The van der Waals surface area contributed by atoms with Gasteiger partial charge in [-0.05, 0) is 0 Å². The van der Waals surface area contributed by atoms with Crippen LogP contribution in [0, 0.1) is 0 Å². The lowest BCUT2D eigenvalue weighted by atomic mass is 10.3. The Kier molecular flexibility index (Phi) is 1.97. The van der Waals surface area contributed by atoms with E-state index < -0.39 is 0 Å². The van der Waals surface area contributed by atoms with E-state index in [1.165, 1.54) is 0 Å². The van der Waals surface area contributed by atoms with Gasteiger partial charge < -0.3 is 11.1 Å². The first-order valence-electron chi connectivity index (χ1n) is 2.75. The summed E-state index contributed by atoms with van der Waals surface area (Å²) in [6, 6.07) is 0. The molecule has 0 spiro atoms. The van der Waals surface area contributed by atoms with Crippen molar-refractivity contribution in [3.8, 4) is 0 Å². The van der Waals surface area contributed by atoms with Gasteiger partial charge in [-0.3, -0.25) is 11.1 Å². The summed E-state index contributed by atoms with van der Waals surface area (Å²) in [5.41, 5.74) is 10.9. The second-order valence-corrected chi connectivity index (χ2v) is 2.52. The molecule has 0 saturated carbocycles. The van der Waals surface area contributed by atoms with Crippen molar-refractivity contribution in [2.45, 2.75) is 18.9 Å². The van der Waals surface area contributed by atoms with E-state index in [1.807, 2.05) is 0 Å². The highest BCUT2D eigenvalue weighted by Crippen LogP contribution is 1.92. The molecule has 2 atom stereocenters. The third-order valence-corrected chi connectivity index (χ3v) is 1.40. The molecule has 2 unspecified atom stereocenters. The summed E-state index contributed by atoms with van der Waals surface area (Å²) in [7, 11) is 0. The number of nitrogens with one attached hydrogen (secondary N) is 2. The van der Waals surface area contributed by atoms with Crippen molar-refractivity contribution in [3.05, 3.63) is 0 Å². The molecule has 1 fully saturated rings. The summed E-state index contributed by atoms with van der Waals surface area (Å²) in [4.78, 5) is 0.730. The zero-order valence-electron chi connectivity index (χ0n) is 4.92. The Labute approximate surface area is 59.0 Å². The highest BCUT2D eigenvalue weighted by Gasteiger charge is 2.16. The first kappa shape index (κ1) is 6.88. The average Bonchev–Trinajstić information content (AvgIpc) is 1.59. The average molecular weight is 146 g/mol. The van der Waals surface area contributed by atoms with Gasteiger partial charge in [0, 0.05) is 6.42 Å². The zero-order chi connectivity index (χ0) is 6.85. The van der Waals surface area contributed by atoms with Crippen molar-refractivity contribution in [2.24, 2.45) is 11.5 Å². The number of hydrogen-bond acceptors (Lipinski definition) is 4. The fourth-order valence-electron chi connectivity index (χ4n) is 0.763. The molecular formula is C4H10N4S. The quantitative estimate of drug-likeness (QED) is 0.310. The summed E-state index contributed by atoms with van der Waals surface area (Å²) in [6.45, 7) is 0. The van der Waals surface area contributed by atoms with E-state index in [9.17, 15) is 0 Å². The molecule has 1 aliphatic rings. The predicted molar refractivity (Wildman–Crippen MR) is 39.4 cm³/mol. The van der Waals surface area contributed by atoms with Gasteiger partial charge in [-0.2, -0.15) is 0 Å². The maximum absolute atomic E-state index is 5.50. The molecule has 1 rings (SSSR count). The summed E-state index contributed by atoms with van der Waals surface area (Å²) < 4.78 is 0. The van der Waals surface area contributed by atoms with Gasteiger partial charge in [0.15, 0.2) is 0 Å². The van der Waals surface area contributed by atoms with Crippen molar-refractivity contribution in [2.75, 3.05) is 0 Å². The Morgan fingerprint density at radius 1 is 1.56 bits per heavy atom. The van der Waals surface area contributed by atoms with Gasteiger partial charge in [0.2, 0.25) is 0 Å². The van der Waals surface area contributed by atoms with Gasteiger partial charge in [0.05, 0.1) is 11.2 Å². The van der Waals surface area contributed by atoms with Gasteiger partial charge in [-0.1, -0.05) is 12.2 Å². The van der Waals surface area contributed by atoms with Crippen LogP contribution < -0.4 is 22.1 Å². The van der Waals surface area contributed by atoms with Crippen LogP contribution in [-0.2, 0) is 0 Å². The Hall–Kier alpha value is -0.230. The molecule has 6 N–H and O–H groups in total. The number of rotatable bonds is 0. The molecule has 0 aromatic rings. The Bertz CT molecular complexity index is 114. The smallest absolute Gasteiger partial charge is 0.131 e. The van der Waals surface area contributed by atoms with Gasteiger partial charge >= 0.3 is 0 Å². The second kappa shape index (κ2) is 2.57. The molecular weight excluding hydrogens is 136 g/mol. The van der Waals surface area contributed by atoms with Crippen LogP contribution in [0.3, 0.4) is 0 Å². The highest BCUT2D eigenvalue weighted by atomic mass is 32.1. The van der Waals surface area contributed by atoms with Crippen LogP contribution in [0.5, 0.6) is 0 Å². The fraction of sp³-hybridized carbons (Fsp3) is 0.750. The summed E-state index contributed by atoms with van der Waals surface area (Å²) >= 11 is 4.85. The van der Waals surface area contributed by atoms with Crippen LogP contribution >= 0.6 is 12.2 Å². The molecule has 0 aromatic heterocycles. The molecule has 1 aliphatic heterocycles. The van der Waals surface area contributed by atoms with Crippen molar-refractivity contribution < 1.29 is 0 Å². The molecule has 0 aromatic carbocycles. The Morgan fingerprint density at radius 3 is 2.67 bits per heavy atom. The molecule has 9 heavy (non-hydrogen) atoms. The summed E-state index contributed by atoms with van der Waals surface area (Å²) in [5, 5.41) is 5.69. The molecule has 52 valence electrons. The second-order valence-electron chi connectivity index (χ2n) is 2.02. The van der Waals surface area contributed by atoms with Gasteiger partial charge in [-0.15, -0.1) is 0 Å². The topological polar surface area (TPSA) is 76.1 Å². The zero-order valence-corrected chi connectivity index (χ0v) is 5.74. The largest absolute Gasteiger partial charge is 0.352 e. The van der Waals surface area contributed by atoms with Crippen LogP contribution in [0.2, 0.25) is 0 Å². The SMILES string of the molecule is NC1CC(=S)NC(N)N1. The molecule has 5 heteroatoms. The van der Waals surface area contributed by atoms with E-state index in [-0.39, 0.29) is 12.5 Å².